The first-order valence-electron chi connectivity index (χ1n) is 16.9. The van der Waals surface area contributed by atoms with Crippen molar-refractivity contribution >= 4 is 11.7 Å². The maximum absolute atomic E-state index is 13.8. The number of hydrogen-bond donors (Lipinski definition) is 2. The van der Waals surface area contributed by atoms with Crippen LogP contribution < -0.4 is 16.2 Å². The van der Waals surface area contributed by atoms with Crippen LogP contribution in [0.4, 0.5) is 4.39 Å². The molecule has 2 atom stereocenters. The van der Waals surface area contributed by atoms with Crippen LogP contribution in [0.3, 0.4) is 0 Å². The van der Waals surface area contributed by atoms with Crippen LogP contribution in [0.2, 0.25) is 0 Å². The number of carbonyl (C=O) groups excluding carboxylic acids is 2. The van der Waals surface area contributed by atoms with E-state index < -0.39 is 11.8 Å². The molecule has 6 heteroatoms. The first-order chi connectivity index (χ1) is 21.5. The molecule has 0 bridgehead atoms. The van der Waals surface area contributed by atoms with Gasteiger partial charge in [0.15, 0.2) is 5.78 Å². The fourth-order valence-corrected chi connectivity index (χ4v) is 4.60. The van der Waals surface area contributed by atoms with Crippen molar-refractivity contribution in [3.05, 3.63) is 88.5 Å². The third kappa shape index (κ3) is 14.5. The average molecular weight is 627 g/mol. The molecule has 1 aromatic carbocycles. The number of hydrogen-bond acceptors (Lipinski definition) is 4. The van der Waals surface area contributed by atoms with Gasteiger partial charge in [-0.2, -0.15) is 0 Å². The molecule has 5 nitrogen and oxygen atoms in total. The number of halogens is 1. The Morgan fingerprint density at radius 2 is 1.58 bits per heavy atom. The van der Waals surface area contributed by atoms with E-state index in [0.717, 1.165) is 12.0 Å². The summed E-state index contributed by atoms with van der Waals surface area (Å²) in [6.07, 6.45) is 13.3. The molecular formula is C39H63FN2O3. The van der Waals surface area contributed by atoms with Gasteiger partial charge in [-0.3, -0.25) is 9.59 Å². The predicted molar refractivity (Wildman–Crippen MR) is 191 cm³/mol. The summed E-state index contributed by atoms with van der Waals surface area (Å²) < 4.78 is 19.5. The van der Waals surface area contributed by atoms with E-state index in [2.05, 4.69) is 20.4 Å². The normalized spacial score (nSPS) is 15.5. The molecule has 1 aliphatic rings. The van der Waals surface area contributed by atoms with E-state index in [4.69, 9.17) is 16.2 Å². The van der Waals surface area contributed by atoms with Crippen molar-refractivity contribution in [2.75, 3.05) is 6.61 Å². The van der Waals surface area contributed by atoms with Gasteiger partial charge in [-0.05, 0) is 72.1 Å². The third-order valence-electron chi connectivity index (χ3n) is 7.46. The Morgan fingerprint density at radius 1 is 1.00 bits per heavy atom. The van der Waals surface area contributed by atoms with Gasteiger partial charge in [0.2, 0.25) is 5.91 Å². The lowest BCUT2D eigenvalue weighted by Gasteiger charge is -2.26. The first-order valence-corrected chi connectivity index (χ1v) is 16.9. The molecule has 2 unspecified atom stereocenters. The van der Waals surface area contributed by atoms with E-state index >= 15 is 0 Å². The van der Waals surface area contributed by atoms with Crippen LogP contribution in [0, 0.1) is 23.6 Å². The maximum atomic E-state index is 13.8. The van der Waals surface area contributed by atoms with E-state index in [0.29, 0.717) is 34.5 Å². The number of carbonyl (C=O) groups is 2. The fraction of sp³-hybridized carbons (Fsp3) is 0.538. The number of primary amides is 1. The van der Waals surface area contributed by atoms with Gasteiger partial charge in [-0.1, -0.05) is 120 Å². The molecule has 0 spiro atoms. The minimum Gasteiger partial charge on any atom is -0.493 e. The largest absolute Gasteiger partial charge is 0.493 e. The van der Waals surface area contributed by atoms with Gasteiger partial charge < -0.3 is 16.2 Å². The molecule has 0 saturated carbocycles. The van der Waals surface area contributed by atoms with E-state index in [9.17, 15) is 14.0 Å². The quantitative estimate of drug-likeness (QED) is 0.129. The van der Waals surface area contributed by atoms with E-state index in [1.54, 1.807) is 25.1 Å². The van der Waals surface area contributed by atoms with Crippen molar-refractivity contribution in [1.29, 1.82) is 0 Å². The van der Waals surface area contributed by atoms with Crippen molar-refractivity contribution in [1.82, 2.24) is 0 Å². The van der Waals surface area contributed by atoms with Gasteiger partial charge >= 0.3 is 0 Å². The molecule has 0 aliphatic carbocycles. The number of benzene rings is 1. The van der Waals surface area contributed by atoms with E-state index in [1.807, 2.05) is 61.5 Å². The zero-order valence-electron chi connectivity index (χ0n) is 30.2. The second-order valence-corrected chi connectivity index (χ2v) is 10.9. The number of allylic oxidation sites excluding steroid dienone is 6. The summed E-state index contributed by atoms with van der Waals surface area (Å²) in [6.45, 7) is 26.7. The average Bonchev–Trinajstić information content (AvgIpc) is 3.05. The second-order valence-electron chi connectivity index (χ2n) is 10.9. The van der Waals surface area contributed by atoms with Crippen molar-refractivity contribution in [3.63, 3.8) is 0 Å². The lowest BCUT2D eigenvalue weighted by atomic mass is 9.82. The molecule has 1 aliphatic heterocycles. The lowest BCUT2D eigenvalue weighted by Crippen LogP contribution is -2.30. The molecule has 1 amide bonds. The van der Waals surface area contributed by atoms with Crippen molar-refractivity contribution in [3.8, 4) is 5.75 Å². The van der Waals surface area contributed by atoms with Gasteiger partial charge in [0.1, 0.15) is 11.6 Å². The molecule has 1 aromatic rings. The summed E-state index contributed by atoms with van der Waals surface area (Å²) in [5.74, 6) is -0.827. The SMILES string of the molecule is C=C(C(=C\C=C(\C(=C\N)C(N)=O)C(C)CC)/C(=C\C)C(=O)C1COc2ccc(F)cc2C1)C(C)C.CC.CC.CCCCCC. The number of ketones is 1. The summed E-state index contributed by atoms with van der Waals surface area (Å²) in [5, 5.41) is 0. The number of fused-ring (bicyclic) bond motifs is 1. The number of nitrogens with two attached hydrogens (primary N) is 2. The molecule has 45 heavy (non-hydrogen) atoms. The van der Waals surface area contributed by atoms with Gasteiger partial charge in [-0.15, -0.1) is 0 Å². The van der Waals surface area contributed by atoms with Crippen LogP contribution in [0.15, 0.2) is 77.1 Å². The highest BCUT2D eigenvalue weighted by molar-refractivity contribution is 6.03. The molecule has 4 N–H and O–H groups in total. The number of Topliss-reactive ketones (excluding diaryl/α,β-unsaturated/α-hetero) is 1. The molecule has 254 valence electrons. The standard InChI is InChI=1S/C29H37FN2O3.C6H14.2C2H6/c1-7-18(5)24(26(15-31)29(32)34)10-11-25(19(6)17(3)4)23(8-2)28(33)21-13-20-14-22(30)9-12-27(20)35-16-21;1-3-5-6-4-2;2*1-2/h8-12,14-15,17-18,21H,6-7,13,16,31H2,1-5H3,(H2,32,34);3-6H2,1-2H3;2*1-2H3/b23-8+,24-10+,25-11+,26-15-;;;. The zero-order chi connectivity index (χ0) is 35.1. The van der Waals surface area contributed by atoms with Crippen LogP contribution in [0.5, 0.6) is 5.75 Å². The molecule has 2 rings (SSSR count). The highest BCUT2D eigenvalue weighted by atomic mass is 19.1. The van der Waals surface area contributed by atoms with Crippen LogP contribution in [-0.4, -0.2) is 18.3 Å². The smallest absolute Gasteiger partial charge is 0.250 e. The minimum atomic E-state index is -0.607. The van der Waals surface area contributed by atoms with Gasteiger partial charge in [0.25, 0.3) is 0 Å². The molecule has 0 aromatic heterocycles. The Kier molecular flexibility index (Phi) is 24.1. The summed E-state index contributed by atoms with van der Waals surface area (Å²) in [4.78, 5) is 25.7. The summed E-state index contributed by atoms with van der Waals surface area (Å²) >= 11 is 0. The number of amides is 1. The maximum Gasteiger partial charge on any atom is 0.250 e. The Labute approximate surface area is 274 Å². The second kappa shape index (κ2) is 24.9. The number of rotatable bonds is 13. The Balaban J connectivity index is 0. The van der Waals surface area contributed by atoms with Gasteiger partial charge in [0, 0.05) is 11.8 Å². The van der Waals surface area contributed by atoms with Crippen LogP contribution in [0.25, 0.3) is 0 Å². The molecule has 0 radical (unpaired) electrons. The fourth-order valence-electron chi connectivity index (χ4n) is 4.60. The Hall–Kier alpha value is -3.41. The first kappa shape index (κ1) is 43.7. The monoisotopic (exact) mass is 626 g/mol. The van der Waals surface area contributed by atoms with Crippen LogP contribution in [-0.2, 0) is 16.0 Å². The van der Waals surface area contributed by atoms with E-state index in [1.165, 1.54) is 44.0 Å². The minimum absolute atomic E-state index is 0.0185. The Morgan fingerprint density at radius 3 is 2.02 bits per heavy atom. The molecular weight excluding hydrogens is 563 g/mol. The lowest BCUT2D eigenvalue weighted by molar-refractivity contribution is -0.120. The van der Waals surface area contributed by atoms with Crippen LogP contribution in [0.1, 0.15) is 114 Å². The zero-order valence-corrected chi connectivity index (χ0v) is 30.2. The molecule has 0 saturated heterocycles. The highest BCUT2D eigenvalue weighted by Gasteiger charge is 2.30. The van der Waals surface area contributed by atoms with Gasteiger partial charge in [-0.25, -0.2) is 4.39 Å². The van der Waals surface area contributed by atoms with Crippen molar-refractivity contribution in [2.24, 2.45) is 29.2 Å². The summed E-state index contributed by atoms with van der Waals surface area (Å²) in [5.41, 5.74) is 14.9. The molecule has 1 heterocycles. The highest BCUT2D eigenvalue weighted by Crippen LogP contribution is 2.33. The van der Waals surface area contributed by atoms with Crippen LogP contribution >= 0.6 is 0 Å². The summed E-state index contributed by atoms with van der Waals surface area (Å²) in [6, 6.07) is 4.36. The third-order valence-corrected chi connectivity index (χ3v) is 7.46. The van der Waals surface area contributed by atoms with Crippen molar-refractivity contribution in [2.45, 2.75) is 115 Å². The summed E-state index contributed by atoms with van der Waals surface area (Å²) in [7, 11) is 0. The van der Waals surface area contributed by atoms with E-state index in [-0.39, 0.29) is 35.6 Å². The van der Waals surface area contributed by atoms with Gasteiger partial charge in [0.05, 0.1) is 18.1 Å². The predicted octanol–water partition coefficient (Wildman–Crippen LogP) is 9.97. The Bertz CT molecular complexity index is 1170. The number of ether oxygens (including phenoxy) is 1. The van der Waals surface area contributed by atoms with Crippen molar-refractivity contribution < 1.29 is 18.7 Å². The topological polar surface area (TPSA) is 95.4 Å². The number of unbranched alkanes of at least 4 members (excludes halogenated alkanes) is 3. The molecule has 0 fully saturated rings.